The highest BCUT2D eigenvalue weighted by Crippen LogP contribution is 2.17. The summed E-state index contributed by atoms with van der Waals surface area (Å²) in [6.07, 6.45) is 12.5. The maximum Gasteiger partial charge on any atom is 0.306 e. The molecule has 0 aliphatic carbocycles. The molecular weight excluding hydrogens is 224 g/mol. The third-order valence-corrected chi connectivity index (χ3v) is 3.81. The van der Waals surface area contributed by atoms with Crippen LogP contribution in [0.1, 0.15) is 85.0 Å². The van der Waals surface area contributed by atoms with Gasteiger partial charge in [0.2, 0.25) is 0 Å². The largest absolute Gasteiger partial charge is 0.481 e. The van der Waals surface area contributed by atoms with E-state index in [1.165, 1.54) is 51.4 Å². The summed E-state index contributed by atoms with van der Waals surface area (Å²) in [5, 5.41) is 8.75. The van der Waals surface area contributed by atoms with Crippen molar-refractivity contribution in [1.82, 2.24) is 0 Å². The molecule has 0 aliphatic rings. The predicted molar refractivity (Wildman–Crippen MR) is 77.8 cm³/mol. The monoisotopic (exact) mass is 256 g/mol. The number of rotatable bonds is 12. The molecule has 0 aliphatic heterocycles. The minimum Gasteiger partial charge on any atom is -0.481 e. The molecule has 0 radical (unpaired) electrons. The number of carboxylic acids is 1. The number of unbranched alkanes of at least 4 members (excludes halogenated alkanes) is 5. The SMILES string of the molecule is CCCCC(C)CCCCCCCC(C)C(=O)O. The van der Waals surface area contributed by atoms with Gasteiger partial charge in [0.1, 0.15) is 0 Å². The minimum atomic E-state index is -0.653. The first-order valence-electron chi connectivity index (χ1n) is 7.80. The van der Waals surface area contributed by atoms with Crippen molar-refractivity contribution in [3.63, 3.8) is 0 Å². The van der Waals surface area contributed by atoms with Crippen LogP contribution in [-0.4, -0.2) is 11.1 Å². The van der Waals surface area contributed by atoms with Crippen molar-refractivity contribution in [3.8, 4) is 0 Å². The summed E-state index contributed by atoms with van der Waals surface area (Å²) in [6.45, 7) is 6.42. The molecule has 108 valence electrons. The fourth-order valence-corrected chi connectivity index (χ4v) is 2.29. The molecular formula is C16H32O2. The van der Waals surface area contributed by atoms with E-state index in [4.69, 9.17) is 5.11 Å². The van der Waals surface area contributed by atoms with Gasteiger partial charge in [-0.3, -0.25) is 4.79 Å². The summed E-state index contributed by atoms with van der Waals surface area (Å²) in [5.41, 5.74) is 0. The topological polar surface area (TPSA) is 37.3 Å². The molecule has 0 aromatic carbocycles. The van der Waals surface area contributed by atoms with Gasteiger partial charge in [0, 0.05) is 0 Å². The van der Waals surface area contributed by atoms with Gasteiger partial charge in [0.15, 0.2) is 0 Å². The van der Waals surface area contributed by atoms with Gasteiger partial charge in [-0.2, -0.15) is 0 Å². The lowest BCUT2D eigenvalue weighted by molar-refractivity contribution is -0.141. The zero-order valence-electron chi connectivity index (χ0n) is 12.6. The Kier molecular flexibility index (Phi) is 11.2. The molecule has 0 fully saturated rings. The van der Waals surface area contributed by atoms with Crippen molar-refractivity contribution in [2.24, 2.45) is 11.8 Å². The van der Waals surface area contributed by atoms with E-state index in [-0.39, 0.29) is 5.92 Å². The van der Waals surface area contributed by atoms with Crippen LogP contribution in [0.5, 0.6) is 0 Å². The van der Waals surface area contributed by atoms with Gasteiger partial charge in [-0.05, 0) is 12.3 Å². The van der Waals surface area contributed by atoms with Crippen LogP contribution in [0.2, 0.25) is 0 Å². The van der Waals surface area contributed by atoms with E-state index in [1.54, 1.807) is 6.92 Å². The lowest BCUT2D eigenvalue weighted by atomic mass is 9.96. The number of carbonyl (C=O) groups is 1. The normalized spacial score (nSPS) is 14.4. The molecule has 2 heteroatoms. The number of hydrogen-bond donors (Lipinski definition) is 1. The van der Waals surface area contributed by atoms with E-state index in [0.29, 0.717) is 0 Å². The molecule has 0 spiro atoms. The van der Waals surface area contributed by atoms with Crippen LogP contribution in [0.4, 0.5) is 0 Å². The fourth-order valence-electron chi connectivity index (χ4n) is 2.29. The van der Waals surface area contributed by atoms with E-state index in [9.17, 15) is 4.79 Å². The average molecular weight is 256 g/mol. The summed E-state index contributed by atoms with van der Waals surface area (Å²) < 4.78 is 0. The Labute approximate surface area is 113 Å². The van der Waals surface area contributed by atoms with Crippen LogP contribution >= 0.6 is 0 Å². The van der Waals surface area contributed by atoms with Crippen LogP contribution in [0.3, 0.4) is 0 Å². The van der Waals surface area contributed by atoms with Gasteiger partial charge in [0.25, 0.3) is 0 Å². The zero-order chi connectivity index (χ0) is 13.8. The van der Waals surface area contributed by atoms with Crippen LogP contribution in [-0.2, 0) is 4.79 Å². The molecule has 0 heterocycles. The van der Waals surface area contributed by atoms with E-state index < -0.39 is 5.97 Å². The molecule has 0 saturated carbocycles. The first-order chi connectivity index (χ1) is 8.57. The third kappa shape index (κ3) is 10.6. The maximum atomic E-state index is 10.6. The van der Waals surface area contributed by atoms with Crippen molar-refractivity contribution < 1.29 is 9.90 Å². The second-order valence-electron chi connectivity index (χ2n) is 5.83. The summed E-state index contributed by atoms with van der Waals surface area (Å²) in [4.78, 5) is 10.6. The highest BCUT2D eigenvalue weighted by atomic mass is 16.4. The summed E-state index contributed by atoms with van der Waals surface area (Å²) in [5.74, 6) is 0.0656. The van der Waals surface area contributed by atoms with Gasteiger partial charge < -0.3 is 5.11 Å². The molecule has 1 N–H and O–H groups in total. The molecule has 0 saturated heterocycles. The van der Waals surface area contributed by atoms with Crippen molar-refractivity contribution in [2.75, 3.05) is 0 Å². The van der Waals surface area contributed by atoms with Crippen LogP contribution in [0, 0.1) is 11.8 Å². The minimum absolute atomic E-state index is 0.168. The Bertz CT molecular complexity index is 201. The molecule has 0 rings (SSSR count). The highest BCUT2D eigenvalue weighted by molar-refractivity contribution is 5.69. The molecule has 18 heavy (non-hydrogen) atoms. The van der Waals surface area contributed by atoms with Gasteiger partial charge >= 0.3 is 5.97 Å². The second-order valence-corrected chi connectivity index (χ2v) is 5.83. The average Bonchev–Trinajstić information content (AvgIpc) is 2.34. The van der Waals surface area contributed by atoms with Gasteiger partial charge in [0.05, 0.1) is 5.92 Å². The van der Waals surface area contributed by atoms with E-state index in [0.717, 1.165) is 18.8 Å². The summed E-state index contributed by atoms with van der Waals surface area (Å²) >= 11 is 0. The van der Waals surface area contributed by atoms with Crippen LogP contribution in [0.15, 0.2) is 0 Å². The van der Waals surface area contributed by atoms with E-state index >= 15 is 0 Å². The highest BCUT2D eigenvalue weighted by Gasteiger charge is 2.09. The second kappa shape index (κ2) is 11.6. The molecule has 0 aromatic heterocycles. The predicted octanol–water partition coefficient (Wildman–Crippen LogP) is 5.26. The van der Waals surface area contributed by atoms with Crippen molar-refractivity contribution in [3.05, 3.63) is 0 Å². The molecule has 2 nitrogen and oxygen atoms in total. The zero-order valence-corrected chi connectivity index (χ0v) is 12.6. The maximum absolute atomic E-state index is 10.6. The standard InChI is InChI=1S/C16H32O2/c1-4-5-11-14(2)12-9-7-6-8-10-13-15(3)16(17)18/h14-15H,4-13H2,1-3H3,(H,17,18). The molecule has 2 atom stereocenters. The number of aliphatic carboxylic acids is 1. The Morgan fingerprint density at radius 1 is 0.889 bits per heavy atom. The van der Waals surface area contributed by atoms with E-state index in [1.807, 2.05) is 0 Å². The molecule has 0 aromatic rings. The fraction of sp³-hybridized carbons (Fsp3) is 0.938. The van der Waals surface area contributed by atoms with Crippen molar-refractivity contribution >= 4 is 5.97 Å². The Balaban J connectivity index is 3.23. The number of hydrogen-bond acceptors (Lipinski definition) is 1. The lowest BCUT2D eigenvalue weighted by Crippen LogP contribution is -2.08. The molecule has 0 bridgehead atoms. The van der Waals surface area contributed by atoms with Crippen LogP contribution < -0.4 is 0 Å². The first kappa shape index (κ1) is 17.5. The third-order valence-electron chi connectivity index (χ3n) is 3.81. The van der Waals surface area contributed by atoms with Crippen LogP contribution in [0.25, 0.3) is 0 Å². The molecule has 0 amide bonds. The Morgan fingerprint density at radius 2 is 1.39 bits per heavy atom. The van der Waals surface area contributed by atoms with E-state index in [2.05, 4.69) is 13.8 Å². The smallest absolute Gasteiger partial charge is 0.306 e. The molecule has 2 unspecified atom stereocenters. The van der Waals surface area contributed by atoms with Gasteiger partial charge in [-0.15, -0.1) is 0 Å². The van der Waals surface area contributed by atoms with Crippen molar-refractivity contribution in [1.29, 1.82) is 0 Å². The summed E-state index contributed by atoms with van der Waals surface area (Å²) in [6, 6.07) is 0. The number of carboxylic acid groups (broad SMARTS) is 1. The first-order valence-corrected chi connectivity index (χ1v) is 7.80. The quantitative estimate of drug-likeness (QED) is 0.483. The van der Waals surface area contributed by atoms with Crippen molar-refractivity contribution in [2.45, 2.75) is 85.0 Å². The Morgan fingerprint density at radius 3 is 1.94 bits per heavy atom. The lowest BCUT2D eigenvalue weighted by Gasteiger charge is -2.10. The van der Waals surface area contributed by atoms with Gasteiger partial charge in [-0.1, -0.05) is 78.6 Å². The van der Waals surface area contributed by atoms with Gasteiger partial charge in [-0.25, -0.2) is 0 Å². The Hall–Kier alpha value is -0.530. The summed E-state index contributed by atoms with van der Waals surface area (Å²) in [7, 11) is 0.